The number of aliphatic hydroxyl groups excluding tert-OH is 1. The molecule has 0 bridgehead atoms. The molecule has 0 aliphatic rings. The van der Waals surface area contributed by atoms with E-state index in [0.717, 1.165) is 11.1 Å². The van der Waals surface area contributed by atoms with E-state index in [-0.39, 0.29) is 6.10 Å². The Kier molecular flexibility index (Phi) is 4.53. The van der Waals surface area contributed by atoms with Crippen LogP contribution >= 0.6 is 0 Å². The van der Waals surface area contributed by atoms with Crippen molar-refractivity contribution in [2.24, 2.45) is 0 Å². The molecule has 1 nitrogen and oxygen atoms in total. The van der Waals surface area contributed by atoms with Crippen molar-refractivity contribution in [1.29, 1.82) is 0 Å². The van der Waals surface area contributed by atoms with Crippen molar-refractivity contribution < 1.29 is 5.11 Å². The van der Waals surface area contributed by atoms with Crippen LogP contribution in [0.25, 0.3) is 11.1 Å². The van der Waals surface area contributed by atoms with Gasteiger partial charge in [0.15, 0.2) is 0 Å². The molecule has 0 radical (unpaired) electrons. The molecule has 2 rings (SSSR count). The third-order valence-corrected chi connectivity index (χ3v) is 3.12. The second-order valence-corrected chi connectivity index (χ2v) is 5.08. The summed E-state index contributed by atoms with van der Waals surface area (Å²) in [5, 5.41) is 9.90. The number of hydrogen-bond acceptors (Lipinski definition) is 1. The number of aliphatic hydroxyl groups is 1. The summed E-state index contributed by atoms with van der Waals surface area (Å²) in [6.07, 6.45) is 1.02. The second-order valence-electron chi connectivity index (χ2n) is 5.08. The number of hydrogen-bond donors (Lipinski definition) is 1. The van der Waals surface area contributed by atoms with Crippen LogP contribution in [-0.4, -0.2) is 11.2 Å². The van der Waals surface area contributed by atoms with E-state index in [1.807, 2.05) is 25.1 Å². The van der Waals surface area contributed by atoms with Crippen molar-refractivity contribution >= 4 is 0 Å². The van der Waals surface area contributed by atoms with Crippen LogP contribution in [0.1, 0.15) is 18.9 Å². The van der Waals surface area contributed by atoms with Crippen LogP contribution in [0.2, 0.25) is 0 Å². The third kappa shape index (κ3) is 4.08. The van der Waals surface area contributed by atoms with Crippen molar-refractivity contribution in [3.05, 3.63) is 72.3 Å². The molecule has 1 N–H and O–H groups in total. The number of rotatable bonds is 5. The normalized spacial score (nSPS) is 12.1. The van der Waals surface area contributed by atoms with Crippen LogP contribution in [-0.2, 0) is 6.42 Å². The lowest BCUT2D eigenvalue weighted by Gasteiger charge is -2.11. The first-order chi connectivity index (χ1) is 9.15. The molecule has 2 aromatic carbocycles. The Hall–Kier alpha value is -1.86. The maximum Gasteiger partial charge on any atom is 0.0617 e. The topological polar surface area (TPSA) is 20.2 Å². The van der Waals surface area contributed by atoms with Crippen LogP contribution in [0.4, 0.5) is 0 Å². The third-order valence-electron chi connectivity index (χ3n) is 3.12. The van der Waals surface area contributed by atoms with Crippen molar-refractivity contribution in [3.8, 4) is 11.1 Å². The van der Waals surface area contributed by atoms with E-state index in [4.69, 9.17) is 0 Å². The minimum atomic E-state index is -0.333. The fourth-order valence-electron chi connectivity index (χ4n) is 2.21. The van der Waals surface area contributed by atoms with Gasteiger partial charge < -0.3 is 5.11 Å². The predicted octanol–water partition coefficient (Wildman–Crippen LogP) is 4.22. The highest BCUT2D eigenvalue weighted by Crippen LogP contribution is 2.20. The molecule has 0 unspecified atom stereocenters. The zero-order chi connectivity index (χ0) is 13.7. The Morgan fingerprint density at radius 3 is 2.16 bits per heavy atom. The molecule has 0 aliphatic carbocycles. The summed E-state index contributed by atoms with van der Waals surface area (Å²) in [5.41, 5.74) is 4.61. The standard InChI is InChI=1S/C18H20O/c1-14(2)12-18(19)13-15-8-10-17(11-9-15)16-6-4-3-5-7-16/h3-11,18-19H,1,12-13H2,2H3/t18-/m1/s1. The molecule has 0 aliphatic heterocycles. The van der Waals surface area contributed by atoms with Crippen LogP contribution in [0.3, 0.4) is 0 Å². The maximum atomic E-state index is 9.90. The summed E-state index contributed by atoms with van der Waals surface area (Å²) < 4.78 is 0. The summed E-state index contributed by atoms with van der Waals surface area (Å²) in [7, 11) is 0. The molecule has 0 fully saturated rings. The number of benzene rings is 2. The Labute approximate surface area is 115 Å². The molecule has 0 heterocycles. The first-order valence-corrected chi connectivity index (χ1v) is 6.62. The van der Waals surface area contributed by atoms with E-state index in [9.17, 15) is 5.11 Å². The van der Waals surface area contributed by atoms with Gasteiger partial charge in [0.25, 0.3) is 0 Å². The fourth-order valence-corrected chi connectivity index (χ4v) is 2.21. The zero-order valence-electron chi connectivity index (χ0n) is 11.3. The lowest BCUT2D eigenvalue weighted by atomic mass is 9.99. The van der Waals surface area contributed by atoms with Gasteiger partial charge in [-0.05, 0) is 36.5 Å². The molecule has 0 spiro atoms. The Balaban J connectivity index is 2.05. The van der Waals surface area contributed by atoms with E-state index < -0.39 is 0 Å². The van der Waals surface area contributed by atoms with Gasteiger partial charge in [0.05, 0.1) is 6.10 Å². The SMILES string of the molecule is C=C(C)C[C@@H](O)Cc1ccc(-c2ccccc2)cc1. The van der Waals surface area contributed by atoms with Crippen LogP contribution in [0, 0.1) is 0 Å². The van der Waals surface area contributed by atoms with Gasteiger partial charge in [0.1, 0.15) is 0 Å². The van der Waals surface area contributed by atoms with Crippen molar-refractivity contribution in [2.75, 3.05) is 0 Å². The Bertz CT molecular complexity index is 525. The van der Waals surface area contributed by atoms with Gasteiger partial charge in [0.2, 0.25) is 0 Å². The molecule has 0 aromatic heterocycles. The molecule has 0 saturated heterocycles. The summed E-state index contributed by atoms with van der Waals surface area (Å²) in [6.45, 7) is 5.78. The summed E-state index contributed by atoms with van der Waals surface area (Å²) >= 11 is 0. The van der Waals surface area contributed by atoms with Gasteiger partial charge in [-0.1, -0.05) is 60.2 Å². The first kappa shape index (κ1) is 13.6. The zero-order valence-corrected chi connectivity index (χ0v) is 11.3. The molecular formula is C18H20O. The van der Waals surface area contributed by atoms with Crippen LogP contribution < -0.4 is 0 Å². The minimum Gasteiger partial charge on any atom is -0.392 e. The molecule has 0 amide bonds. The van der Waals surface area contributed by atoms with Crippen molar-refractivity contribution in [1.82, 2.24) is 0 Å². The van der Waals surface area contributed by atoms with E-state index in [1.165, 1.54) is 11.1 Å². The summed E-state index contributed by atoms with van der Waals surface area (Å²) in [4.78, 5) is 0. The smallest absolute Gasteiger partial charge is 0.0617 e. The molecule has 0 saturated carbocycles. The molecule has 1 atom stereocenters. The lowest BCUT2D eigenvalue weighted by Crippen LogP contribution is -2.10. The monoisotopic (exact) mass is 252 g/mol. The maximum absolute atomic E-state index is 9.90. The average Bonchev–Trinajstić information content (AvgIpc) is 2.39. The highest BCUT2D eigenvalue weighted by atomic mass is 16.3. The molecule has 98 valence electrons. The van der Waals surface area contributed by atoms with Crippen LogP contribution in [0.5, 0.6) is 0 Å². The van der Waals surface area contributed by atoms with E-state index in [1.54, 1.807) is 0 Å². The largest absolute Gasteiger partial charge is 0.392 e. The molecular weight excluding hydrogens is 232 g/mol. The quantitative estimate of drug-likeness (QED) is 0.790. The van der Waals surface area contributed by atoms with E-state index in [0.29, 0.717) is 12.8 Å². The highest BCUT2D eigenvalue weighted by Gasteiger charge is 2.06. The predicted molar refractivity (Wildman–Crippen MR) is 81.0 cm³/mol. The van der Waals surface area contributed by atoms with Crippen molar-refractivity contribution in [2.45, 2.75) is 25.9 Å². The first-order valence-electron chi connectivity index (χ1n) is 6.62. The van der Waals surface area contributed by atoms with Gasteiger partial charge in [-0.3, -0.25) is 0 Å². The lowest BCUT2D eigenvalue weighted by molar-refractivity contribution is 0.175. The van der Waals surface area contributed by atoms with Crippen LogP contribution in [0.15, 0.2) is 66.7 Å². The fraction of sp³-hybridized carbons (Fsp3) is 0.222. The molecule has 1 heteroatoms. The van der Waals surface area contributed by atoms with Gasteiger partial charge in [-0.2, -0.15) is 0 Å². The van der Waals surface area contributed by atoms with Gasteiger partial charge >= 0.3 is 0 Å². The van der Waals surface area contributed by atoms with Crippen molar-refractivity contribution in [3.63, 3.8) is 0 Å². The van der Waals surface area contributed by atoms with Gasteiger partial charge in [0, 0.05) is 0 Å². The average molecular weight is 252 g/mol. The Morgan fingerprint density at radius 1 is 1.00 bits per heavy atom. The Morgan fingerprint density at radius 2 is 1.58 bits per heavy atom. The second kappa shape index (κ2) is 6.35. The van der Waals surface area contributed by atoms with Gasteiger partial charge in [-0.15, -0.1) is 6.58 Å². The van der Waals surface area contributed by atoms with E-state index in [2.05, 4.69) is 43.0 Å². The van der Waals surface area contributed by atoms with Gasteiger partial charge in [-0.25, -0.2) is 0 Å². The molecule has 19 heavy (non-hydrogen) atoms. The summed E-state index contributed by atoms with van der Waals surface area (Å²) in [6, 6.07) is 18.7. The summed E-state index contributed by atoms with van der Waals surface area (Å²) in [5.74, 6) is 0. The highest BCUT2D eigenvalue weighted by molar-refractivity contribution is 5.63. The minimum absolute atomic E-state index is 0.333. The molecule has 2 aromatic rings. The van der Waals surface area contributed by atoms with E-state index >= 15 is 0 Å².